The maximum atomic E-state index is 5.89. The summed E-state index contributed by atoms with van der Waals surface area (Å²) < 4.78 is 6.79. The van der Waals surface area contributed by atoms with Crippen LogP contribution in [0.15, 0.2) is 41.1 Å². The molecule has 100 valence electrons. The highest BCUT2D eigenvalue weighted by Crippen LogP contribution is 2.30. The van der Waals surface area contributed by atoms with Crippen molar-refractivity contribution in [3.8, 4) is 11.5 Å². The average Bonchev–Trinajstić information content (AvgIpc) is 2.32. The van der Waals surface area contributed by atoms with Gasteiger partial charge in [0.05, 0.1) is 11.2 Å². The quantitative estimate of drug-likeness (QED) is 0.907. The van der Waals surface area contributed by atoms with Gasteiger partial charge in [0, 0.05) is 22.8 Å². The Labute approximate surface area is 125 Å². The third-order valence-corrected chi connectivity index (χ3v) is 3.18. The zero-order chi connectivity index (χ0) is 13.8. The van der Waals surface area contributed by atoms with E-state index in [0.29, 0.717) is 10.8 Å². The van der Waals surface area contributed by atoms with E-state index in [9.17, 15) is 0 Å². The smallest absolute Gasteiger partial charge is 0.147 e. The van der Waals surface area contributed by atoms with Crippen molar-refractivity contribution in [2.75, 3.05) is 0 Å². The van der Waals surface area contributed by atoms with E-state index < -0.39 is 0 Å². The molecular weight excluding hydrogens is 328 g/mol. The molecule has 0 saturated carbocycles. The molecule has 1 atom stereocenters. The third-order valence-electron chi connectivity index (χ3n) is 2.48. The molecule has 19 heavy (non-hydrogen) atoms. The number of nitrogens with zero attached hydrogens (tertiary/aromatic N) is 1. The molecule has 2 N–H and O–H groups in total. The van der Waals surface area contributed by atoms with Gasteiger partial charge in [-0.2, -0.15) is 0 Å². The van der Waals surface area contributed by atoms with Gasteiger partial charge in [-0.3, -0.25) is 4.98 Å². The number of ether oxygens (including phenoxy) is 1. The minimum absolute atomic E-state index is 0.0704. The molecule has 0 saturated heterocycles. The Morgan fingerprint density at radius 3 is 2.84 bits per heavy atom. The molecule has 2 rings (SSSR count). The Morgan fingerprint density at radius 1 is 1.37 bits per heavy atom. The van der Waals surface area contributed by atoms with Crippen molar-refractivity contribution in [2.45, 2.75) is 19.4 Å². The Kier molecular flexibility index (Phi) is 4.80. The molecule has 5 heteroatoms. The van der Waals surface area contributed by atoms with Crippen LogP contribution in [0.2, 0.25) is 5.02 Å². The number of hydrogen-bond donors (Lipinski definition) is 1. The standard InChI is InChI=1S/C14H14BrClN2O/c1-9(17)4-10-2-3-11(15)5-14(10)19-13-6-12(16)7-18-8-13/h2-3,5-9H,4,17H2,1H3. The van der Waals surface area contributed by atoms with Gasteiger partial charge in [0.15, 0.2) is 0 Å². The van der Waals surface area contributed by atoms with Crippen LogP contribution in [0, 0.1) is 0 Å². The first-order valence-electron chi connectivity index (χ1n) is 5.87. The van der Waals surface area contributed by atoms with Crippen LogP contribution in [0.1, 0.15) is 12.5 Å². The predicted molar refractivity (Wildman–Crippen MR) is 80.8 cm³/mol. The first-order valence-corrected chi connectivity index (χ1v) is 7.04. The molecule has 0 bridgehead atoms. The highest BCUT2D eigenvalue weighted by atomic mass is 79.9. The first-order chi connectivity index (χ1) is 9.04. The van der Waals surface area contributed by atoms with E-state index >= 15 is 0 Å². The Morgan fingerprint density at radius 2 is 2.16 bits per heavy atom. The van der Waals surface area contributed by atoms with E-state index in [4.69, 9.17) is 22.1 Å². The molecule has 1 heterocycles. The SMILES string of the molecule is CC(N)Cc1ccc(Br)cc1Oc1cncc(Cl)c1. The van der Waals surface area contributed by atoms with Crippen molar-refractivity contribution in [1.82, 2.24) is 4.98 Å². The molecule has 0 aliphatic heterocycles. The summed E-state index contributed by atoms with van der Waals surface area (Å²) in [5.74, 6) is 1.37. The monoisotopic (exact) mass is 340 g/mol. The van der Waals surface area contributed by atoms with Crippen molar-refractivity contribution in [3.05, 3.63) is 51.7 Å². The van der Waals surface area contributed by atoms with Crippen LogP contribution >= 0.6 is 27.5 Å². The fourth-order valence-electron chi connectivity index (χ4n) is 1.71. The fraction of sp³-hybridized carbons (Fsp3) is 0.214. The summed E-state index contributed by atoms with van der Waals surface area (Å²) in [6.45, 7) is 1.97. The second-order valence-corrected chi connectivity index (χ2v) is 5.73. The molecule has 0 aliphatic carbocycles. The first kappa shape index (κ1) is 14.3. The minimum atomic E-state index is 0.0704. The second kappa shape index (κ2) is 6.37. The molecule has 2 aromatic rings. The van der Waals surface area contributed by atoms with Gasteiger partial charge in [-0.05, 0) is 31.0 Å². The molecule has 0 fully saturated rings. The molecule has 0 spiro atoms. The lowest BCUT2D eigenvalue weighted by molar-refractivity contribution is 0.471. The van der Waals surface area contributed by atoms with Gasteiger partial charge in [0.2, 0.25) is 0 Å². The average molecular weight is 342 g/mol. The van der Waals surface area contributed by atoms with E-state index in [1.807, 2.05) is 25.1 Å². The van der Waals surface area contributed by atoms with E-state index in [1.165, 1.54) is 0 Å². The van der Waals surface area contributed by atoms with Crippen LogP contribution in [0.25, 0.3) is 0 Å². The molecule has 1 unspecified atom stereocenters. The zero-order valence-corrected chi connectivity index (χ0v) is 12.8. The summed E-state index contributed by atoms with van der Waals surface area (Å²) in [4.78, 5) is 4.00. The highest BCUT2D eigenvalue weighted by Gasteiger charge is 2.08. The molecule has 0 amide bonds. The normalized spacial score (nSPS) is 12.2. The Bertz CT molecular complexity index is 575. The number of nitrogens with two attached hydrogens (primary N) is 1. The lowest BCUT2D eigenvalue weighted by atomic mass is 10.1. The van der Waals surface area contributed by atoms with Crippen LogP contribution in [0.5, 0.6) is 11.5 Å². The summed E-state index contributed by atoms with van der Waals surface area (Å²) in [6.07, 6.45) is 3.94. The van der Waals surface area contributed by atoms with E-state index in [0.717, 1.165) is 22.2 Å². The van der Waals surface area contributed by atoms with Gasteiger partial charge in [0.25, 0.3) is 0 Å². The van der Waals surface area contributed by atoms with Crippen LogP contribution < -0.4 is 10.5 Å². The third kappa shape index (κ3) is 4.20. The van der Waals surface area contributed by atoms with Gasteiger partial charge in [-0.15, -0.1) is 0 Å². The van der Waals surface area contributed by atoms with Crippen LogP contribution in [0.4, 0.5) is 0 Å². The number of benzene rings is 1. The maximum absolute atomic E-state index is 5.89. The zero-order valence-electron chi connectivity index (χ0n) is 10.4. The lowest BCUT2D eigenvalue weighted by Gasteiger charge is -2.13. The minimum Gasteiger partial charge on any atom is -0.455 e. The molecular formula is C14H14BrClN2O. The highest BCUT2D eigenvalue weighted by molar-refractivity contribution is 9.10. The molecule has 3 nitrogen and oxygen atoms in total. The summed E-state index contributed by atoms with van der Waals surface area (Å²) >= 11 is 9.33. The summed E-state index contributed by atoms with van der Waals surface area (Å²) in [6, 6.07) is 7.69. The van der Waals surface area contributed by atoms with Crippen molar-refractivity contribution in [1.29, 1.82) is 0 Å². The number of rotatable bonds is 4. The van der Waals surface area contributed by atoms with E-state index in [2.05, 4.69) is 20.9 Å². The molecule has 0 radical (unpaired) electrons. The van der Waals surface area contributed by atoms with Gasteiger partial charge >= 0.3 is 0 Å². The molecule has 0 aliphatic rings. The van der Waals surface area contributed by atoms with E-state index in [-0.39, 0.29) is 6.04 Å². The number of hydrogen-bond acceptors (Lipinski definition) is 3. The van der Waals surface area contributed by atoms with Gasteiger partial charge < -0.3 is 10.5 Å². The van der Waals surface area contributed by atoms with Crippen molar-refractivity contribution < 1.29 is 4.74 Å². The molecule has 1 aromatic carbocycles. The van der Waals surface area contributed by atoms with Gasteiger partial charge in [-0.25, -0.2) is 0 Å². The maximum Gasteiger partial charge on any atom is 0.147 e. The molecule has 1 aromatic heterocycles. The van der Waals surface area contributed by atoms with Crippen LogP contribution in [0.3, 0.4) is 0 Å². The largest absolute Gasteiger partial charge is 0.455 e. The lowest BCUT2D eigenvalue weighted by Crippen LogP contribution is -2.18. The van der Waals surface area contributed by atoms with Crippen molar-refractivity contribution in [2.24, 2.45) is 5.73 Å². The van der Waals surface area contributed by atoms with Gasteiger partial charge in [0.1, 0.15) is 11.5 Å². The van der Waals surface area contributed by atoms with Crippen LogP contribution in [-0.2, 0) is 6.42 Å². The summed E-state index contributed by atoms with van der Waals surface area (Å²) in [5.41, 5.74) is 6.90. The van der Waals surface area contributed by atoms with Crippen molar-refractivity contribution >= 4 is 27.5 Å². The fourth-order valence-corrected chi connectivity index (χ4v) is 2.22. The summed E-state index contributed by atoms with van der Waals surface area (Å²) in [5, 5.41) is 0.543. The van der Waals surface area contributed by atoms with Crippen molar-refractivity contribution in [3.63, 3.8) is 0 Å². The summed E-state index contributed by atoms with van der Waals surface area (Å²) in [7, 11) is 0. The predicted octanol–water partition coefficient (Wildman–Crippen LogP) is 4.18. The number of aromatic nitrogens is 1. The Hall–Kier alpha value is -1.10. The topological polar surface area (TPSA) is 48.1 Å². The Balaban J connectivity index is 2.30. The van der Waals surface area contributed by atoms with E-state index in [1.54, 1.807) is 18.5 Å². The number of halogens is 2. The second-order valence-electron chi connectivity index (χ2n) is 4.37. The van der Waals surface area contributed by atoms with Gasteiger partial charge in [-0.1, -0.05) is 33.6 Å². The number of pyridine rings is 1. The van der Waals surface area contributed by atoms with Crippen LogP contribution in [-0.4, -0.2) is 11.0 Å².